The average molecular weight is 312 g/mol. The number of nitrogen functional groups attached to an aromatic ring is 1. The van der Waals surface area contributed by atoms with Gasteiger partial charge in [0.15, 0.2) is 5.69 Å². The maximum atomic E-state index is 12.1. The van der Waals surface area contributed by atoms with Crippen LogP contribution in [0.3, 0.4) is 0 Å². The molecular weight excluding hydrogens is 292 g/mol. The molecule has 0 saturated heterocycles. The van der Waals surface area contributed by atoms with Crippen molar-refractivity contribution in [3.63, 3.8) is 0 Å². The molecule has 0 aliphatic heterocycles. The van der Waals surface area contributed by atoms with E-state index >= 15 is 0 Å². The molecule has 3 N–H and O–H groups in total. The second-order valence-corrected chi connectivity index (χ2v) is 5.57. The Bertz CT molecular complexity index is 756. The molecule has 0 fully saturated rings. The van der Waals surface area contributed by atoms with Crippen molar-refractivity contribution in [2.75, 3.05) is 24.7 Å². The van der Waals surface area contributed by atoms with Crippen LogP contribution in [0.25, 0.3) is 5.69 Å². The number of hydrogen-bond acceptors (Lipinski definition) is 5. The van der Waals surface area contributed by atoms with E-state index in [1.165, 1.54) is 7.11 Å². The summed E-state index contributed by atoms with van der Waals surface area (Å²) in [6, 6.07) is 9.54. The first-order valence-electron chi connectivity index (χ1n) is 7.32. The summed E-state index contributed by atoms with van der Waals surface area (Å²) in [5.41, 5.74) is 8.04. The molecule has 0 saturated carbocycles. The van der Waals surface area contributed by atoms with Crippen molar-refractivity contribution in [2.45, 2.75) is 13.8 Å². The highest BCUT2D eigenvalue weighted by Crippen LogP contribution is 2.28. The molecule has 1 aromatic carbocycles. The van der Waals surface area contributed by atoms with E-state index in [9.17, 15) is 10.1 Å². The highest BCUT2D eigenvalue weighted by Gasteiger charge is 2.22. The van der Waals surface area contributed by atoms with E-state index in [0.717, 1.165) is 17.9 Å². The quantitative estimate of drug-likeness (QED) is 0.828. The summed E-state index contributed by atoms with van der Waals surface area (Å²) in [6.45, 7) is 5.00. The number of carbonyl (C=O) groups is 1. The molecule has 0 unspecified atom stereocenters. The predicted molar refractivity (Wildman–Crippen MR) is 89.6 cm³/mol. The Labute approximate surface area is 135 Å². The lowest BCUT2D eigenvalue weighted by atomic mass is 10.2. The molecule has 0 bridgehead atoms. The van der Waals surface area contributed by atoms with Crippen LogP contribution < -0.4 is 11.1 Å². The molecule has 2 rings (SSSR count). The highest BCUT2D eigenvalue weighted by molar-refractivity contribution is 5.96. The van der Waals surface area contributed by atoms with Crippen LogP contribution in [0, 0.1) is 17.2 Å². The van der Waals surface area contributed by atoms with E-state index in [1.54, 1.807) is 10.8 Å². The van der Waals surface area contributed by atoms with Crippen molar-refractivity contribution >= 4 is 17.3 Å². The van der Waals surface area contributed by atoms with E-state index in [2.05, 4.69) is 19.2 Å². The lowest BCUT2D eigenvalue weighted by molar-refractivity contribution is 0.0593. The van der Waals surface area contributed by atoms with Crippen LogP contribution in [0.5, 0.6) is 0 Å². The number of hydrogen-bond donors (Lipinski definition) is 2. The zero-order valence-corrected chi connectivity index (χ0v) is 13.5. The molecule has 6 nitrogen and oxygen atoms in total. The Morgan fingerprint density at radius 2 is 2.13 bits per heavy atom. The topological polar surface area (TPSA) is 93.1 Å². The fourth-order valence-corrected chi connectivity index (χ4v) is 2.25. The van der Waals surface area contributed by atoms with Gasteiger partial charge in [-0.1, -0.05) is 26.0 Å². The van der Waals surface area contributed by atoms with Crippen LogP contribution >= 0.6 is 0 Å². The van der Waals surface area contributed by atoms with Crippen LogP contribution in [0.4, 0.5) is 11.4 Å². The minimum atomic E-state index is -0.581. The minimum absolute atomic E-state index is 0.123. The maximum absolute atomic E-state index is 12.1. The number of nitrogens with one attached hydrogen (secondary N) is 1. The van der Waals surface area contributed by atoms with Gasteiger partial charge in [-0.25, -0.2) is 4.79 Å². The van der Waals surface area contributed by atoms with E-state index in [-0.39, 0.29) is 16.9 Å². The number of nitrogens with two attached hydrogens (primary N) is 1. The summed E-state index contributed by atoms with van der Waals surface area (Å²) in [5, 5.41) is 12.5. The molecule has 1 aromatic heterocycles. The first-order valence-corrected chi connectivity index (χ1v) is 7.32. The van der Waals surface area contributed by atoms with E-state index in [0.29, 0.717) is 5.92 Å². The van der Waals surface area contributed by atoms with Gasteiger partial charge in [0.25, 0.3) is 0 Å². The zero-order valence-electron chi connectivity index (χ0n) is 13.5. The van der Waals surface area contributed by atoms with Gasteiger partial charge in [-0.2, -0.15) is 5.26 Å². The Hall–Kier alpha value is -2.94. The number of nitrogens with zero attached hydrogens (tertiary/aromatic N) is 2. The lowest BCUT2D eigenvalue weighted by Gasteiger charge is -2.16. The molecule has 0 radical (unpaired) electrons. The van der Waals surface area contributed by atoms with Gasteiger partial charge in [-0.3, -0.25) is 0 Å². The summed E-state index contributed by atoms with van der Waals surface area (Å²) in [4.78, 5) is 12.1. The SMILES string of the molecule is COC(=O)c1c(N)c(C#N)cn1-c1ccccc1NCC(C)C. The number of ether oxygens (including phenoxy) is 1. The number of benzene rings is 1. The number of nitriles is 1. The van der Waals surface area contributed by atoms with Crippen LogP contribution in [0.15, 0.2) is 30.5 Å². The van der Waals surface area contributed by atoms with E-state index in [4.69, 9.17) is 10.5 Å². The molecule has 0 amide bonds. The van der Waals surface area contributed by atoms with Gasteiger partial charge in [0.2, 0.25) is 0 Å². The number of anilines is 2. The van der Waals surface area contributed by atoms with Crippen molar-refractivity contribution < 1.29 is 9.53 Å². The Morgan fingerprint density at radius 3 is 2.74 bits per heavy atom. The fourth-order valence-electron chi connectivity index (χ4n) is 2.25. The summed E-state index contributed by atoms with van der Waals surface area (Å²) < 4.78 is 6.41. The third kappa shape index (κ3) is 3.29. The van der Waals surface area contributed by atoms with E-state index < -0.39 is 5.97 Å². The van der Waals surface area contributed by atoms with Crippen LogP contribution in [0.1, 0.15) is 29.9 Å². The fraction of sp³-hybridized carbons (Fsp3) is 0.294. The van der Waals surface area contributed by atoms with Crippen LogP contribution in [-0.2, 0) is 4.74 Å². The van der Waals surface area contributed by atoms with Gasteiger partial charge in [0, 0.05) is 12.7 Å². The Kier molecular flexibility index (Phi) is 4.91. The zero-order chi connectivity index (χ0) is 17.0. The smallest absolute Gasteiger partial charge is 0.357 e. The largest absolute Gasteiger partial charge is 0.464 e. The number of methoxy groups -OCH3 is 1. The second-order valence-electron chi connectivity index (χ2n) is 5.57. The maximum Gasteiger partial charge on any atom is 0.357 e. The first kappa shape index (κ1) is 16.4. The first-order chi connectivity index (χ1) is 11.0. The molecule has 23 heavy (non-hydrogen) atoms. The average Bonchev–Trinajstić information content (AvgIpc) is 2.88. The van der Waals surface area contributed by atoms with Crippen LogP contribution in [-0.4, -0.2) is 24.2 Å². The minimum Gasteiger partial charge on any atom is -0.464 e. The number of rotatable bonds is 5. The Balaban J connectivity index is 2.59. The standard InChI is InChI=1S/C17H20N4O2/c1-11(2)9-20-13-6-4-5-7-14(13)21-10-12(8-18)15(19)16(21)17(22)23-3/h4-7,10-11,20H,9,19H2,1-3H3. The molecule has 0 aliphatic rings. The highest BCUT2D eigenvalue weighted by atomic mass is 16.5. The van der Waals surface area contributed by atoms with Crippen molar-refractivity contribution in [2.24, 2.45) is 5.92 Å². The number of carbonyl (C=O) groups excluding carboxylic acids is 1. The van der Waals surface area contributed by atoms with Crippen molar-refractivity contribution in [1.29, 1.82) is 5.26 Å². The molecule has 0 aliphatic carbocycles. The summed E-state index contributed by atoms with van der Waals surface area (Å²) in [5.74, 6) is -0.116. The van der Waals surface area contributed by atoms with Gasteiger partial charge in [-0.15, -0.1) is 0 Å². The van der Waals surface area contributed by atoms with Gasteiger partial charge in [-0.05, 0) is 18.1 Å². The molecule has 2 aromatic rings. The molecule has 0 spiro atoms. The molecule has 120 valence electrons. The molecule has 6 heteroatoms. The third-order valence-corrected chi connectivity index (χ3v) is 3.41. The molecule has 0 atom stereocenters. The van der Waals surface area contributed by atoms with Gasteiger partial charge < -0.3 is 20.4 Å². The normalized spacial score (nSPS) is 10.4. The van der Waals surface area contributed by atoms with Crippen molar-refractivity contribution in [3.8, 4) is 11.8 Å². The number of aromatic nitrogens is 1. The lowest BCUT2D eigenvalue weighted by Crippen LogP contribution is -2.14. The number of esters is 1. The Morgan fingerprint density at radius 1 is 1.43 bits per heavy atom. The van der Waals surface area contributed by atoms with Crippen molar-refractivity contribution in [1.82, 2.24) is 4.57 Å². The second kappa shape index (κ2) is 6.88. The summed E-state index contributed by atoms with van der Waals surface area (Å²) in [6.07, 6.45) is 1.55. The predicted octanol–water partition coefficient (Wildman–Crippen LogP) is 2.79. The number of para-hydroxylation sites is 2. The van der Waals surface area contributed by atoms with Gasteiger partial charge in [0.05, 0.1) is 29.7 Å². The monoisotopic (exact) mass is 312 g/mol. The summed E-state index contributed by atoms with van der Waals surface area (Å²) >= 11 is 0. The molecular formula is C17H20N4O2. The van der Waals surface area contributed by atoms with E-state index in [1.807, 2.05) is 30.3 Å². The summed E-state index contributed by atoms with van der Waals surface area (Å²) in [7, 11) is 1.29. The van der Waals surface area contributed by atoms with Gasteiger partial charge in [0.1, 0.15) is 6.07 Å². The molecule has 1 heterocycles. The van der Waals surface area contributed by atoms with Crippen LogP contribution in [0.2, 0.25) is 0 Å². The van der Waals surface area contributed by atoms with Crippen molar-refractivity contribution in [3.05, 3.63) is 41.7 Å². The third-order valence-electron chi connectivity index (χ3n) is 3.41. The van der Waals surface area contributed by atoms with Gasteiger partial charge >= 0.3 is 5.97 Å².